The molecular formula is C12H22N4O2S. The van der Waals surface area contributed by atoms with E-state index >= 15 is 0 Å². The minimum atomic E-state index is -3.44. The molecule has 1 aromatic rings. The molecule has 2 atom stereocenters. The summed E-state index contributed by atoms with van der Waals surface area (Å²) in [7, 11) is 0.540. The van der Waals surface area contributed by atoms with Crippen molar-refractivity contribution in [3.8, 4) is 0 Å². The summed E-state index contributed by atoms with van der Waals surface area (Å²) in [6.07, 6.45) is 0. The summed E-state index contributed by atoms with van der Waals surface area (Å²) in [6.45, 7) is 6.67. The van der Waals surface area contributed by atoms with Gasteiger partial charge in [0, 0.05) is 19.1 Å². The van der Waals surface area contributed by atoms with Crippen molar-refractivity contribution in [2.75, 3.05) is 27.2 Å². The highest BCUT2D eigenvalue weighted by Gasteiger charge is 2.39. The van der Waals surface area contributed by atoms with Crippen LogP contribution in [0, 0.1) is 19.8 Å². The molecular weight excluding hydrogens is 264 g/mol. The highest BCUT2D eigenvalue weighted by molar-refractivity contribution is 7.89. The lowest BCUT2D eigenvalue weighted by molar-refractivity contribution is 0.263. The smallest absolute Gasteiger partial charge is 0.246 e. The van der Waals surface area contributed by atoms with Crippen LogP contribution in [0.3, 0.4) is 0 Å². The van der Waals surface area contributed by atoms with Crippen LogP contribution < -0.4 is 0 Å². The highest BCUT2D eigenvalue weighted by atomic mass is 32.2. The summed E-state index contributed by atoms with van der Waals surface area (Å²) in [5.74, 6) is 0.331. The van der Waals surface area contributed by atoms with Gasteiger partial charge in [-0.3, -0.25) is 5.10 Å². The molecule has 0 bridgehead atoms. The minimum absolute atomic E-state index is 0.266. The molecule has 108 valence electrons. The molecule has 1 saturated heterocycles. The molecule has 2 heterocycles. The van der Waals surface area contributed by atoms with Gasteiger partial charge in [-0.2, -0.15) is 9.40 Å². The van der Waals surface area contributed by atoms with E-state index in [1.807, 2.05) is 14.1 Å². The van der Waals surface area contributed by atoms with Crippen LogP contribution in [-0.2, 0) is 10.0 Å². The van der Waals surface area contributed by atoms with Crippen molar-refractivity contribution in [3.63, 3.8) is 0 Å². The molecule has 0 saturated carbocycles. The molecule has 2 rings (SSSR count). The van der Waals surface area contributed by atoms with E-state index in [2.05, 4.69) is 22.0 Å². The Morgan fingerprint density at radius 3 is 2.37 bits per heavy atom. The summed E-state index contributed by atoms with van der Waals surface area (Å²) in [5.41, 5.74) is 1.15. The maximum Gasteiger partial charge on any atom is 0.246 e. The van der Waals surface area contributed by atoms with E-state index in [1.54, 1.807) is 18.2 Å². The monoisotopic (exact) mass is 286 g/mol. The number of H-pyrrole nitrogens is 1. The first-order valence-corrected chi connectivity index (χ1v) is 7.87. The van der Waals surface area contributed by atoms with Crippen molar-refractivity contribution in [1.29, 1.82) is 0 Å². The van der Waals surface area contributed by atoms with E-state index in [0.29, 0.717) is 35.3 Å². The average molecular weight is 286 g/mol. The molecule has 1 aliphatic rings. The third-order valence-electron chi connectivity index (χ3n) is 3.86. The third kappa shape index (κ3) is 2.42. The Kier molecular flexibility index (Phi) is 3.72. The van der Waals surface area contributed by atoms with Crippen LogP contribution >= 0.6 is 0 Å². The van der Waals surface area contributed by atoms with Crippen molar-refractivity contribution >= 4 is 10.0 Å². The second kappa shape index (κ2) is 4.88. The predicted octanol–water partition coefficient (Wildman–Crippen LogP) is 0.597. The fourth-order valence-corrected chi connectivity index (χ4v) is 4.71. The van der Waals surface area contributed by atoms with Crippen molar-refractivity contribution in [1.82, 2.24) is 19.4 Å². The van der Waals surface area contributed by atoms with E-state index in [-0.39, 0.29) is 6.04 Å². The molecule has 1 aliphatic heterocycles. The standard InChI is InChI=1S/C12H22N4O2S/c1-8-6-16(7-11(8)15(4)5)19(17,18)12-9(2)13-14-10(12)3/h8,11H,6-7H2,1-5H3,(H,13,14). The average Bonchev–Trinajstić information content (AvgIpc) is 2.83. The molecule has 1 aromatic heterocycles. The molecule has 0 spiro atoms. The maximum atomic E-state index is 12.7. The fourth-order valence-electron chi connectivity index (χ4n) is 2.82. The number of nitrogens with one attached hydrogen (secondary N) is 1. The summed E-state index contributed by atoms with van der Waals surface area (Å²) < 4.78 is 27.0. The number of likely N-dealkylation sites (N-methyl/N-ethyl adjacent to an activating group) is 1. The molecule has 2 unspecified atom stereocenters. The molecule has 0 radical (unpaired) electrons. The van der Waals surface area contributed by atoms with Crippen LogP contribution in [0.1, 0.15) is 18.3 Å². The van der Waals surface area contributed by atoms with Crippen LogP contribution in [0.4, 0.5) is 0 Å². The van der Waals surface area contributed by atoms with Gasteiger partial charge in [0.1, 0.15) is 4.90 Å². The lowest BCUT2D eigenvalue weighted by atomic mass is 10.1. The number of rotatable bonds is 3. The topological polar surface area (TPSA) is 69.3 Å². The SMILES string of the molecule is Cc1n[nH]c(C)c1S(=O)(=O)N1CC(C)C(N(C)C)C1. The Labute approximate surface area is 114 Å². The van der Waals surface area contributed by atoms with E-state index in [0.717, 1.165) is 0 Å². The van der Waals surface area contributed by atoms with Crippen LogP contribution in [0.15, 0.2) is 4.90 Å². The Morgan fingerprint density at radius 2 is 1.95 bits per heavy atom. The number of hydrogen-bond acceptors (Lipinski definition) is 4. The van der Waals surface area contributed by atoms with Crippen molar-refractivity contribution in [2.45, 2.75) is 31.7 Å². The first-order chi connectivity index (χ1) is 8.75. The van der Waals surface area contributed by atoms with Gasteiger partial charge >= 0.3 is 0 Å². The van der Waals surface area contributed by atoms with E-state index in [9.17, 15) is 8.42 Å². The normalized spacial score (nSPS) is 25.4. The van der Waals surface area contributed by atoms with Gasteiger partial charge in [-0.25, -0.2) is 8.42 Å². The Balaban J connectivity index is 2.33. The zero-order valence-corrected chi connectivity index (χ0v) is 13.0. The van der Waals surface area contributed by atoms with Gasteiger partial charge in [-0.15, -0.1) is 0 Å². The summed E-state index contributed by atoms with van der Waals surface area (Å²) in [6, 6.07) is 0.266. The van der Waals surface area contributed by atoms with Crippen molar-refractivity contribution in [2.24, 2.45) is 5.92 Å². The zero-order valence-electron chi connectivity index (χ0n) is 12.1. The number of sulfonamides is 1. The highest BCUT2D eigenvalue weighted by Crippen LogP contribution is 2.28. The van der Waals surface area contributed by atoms with Crippen molar-refractivity contribution < 1.29 is 8.42 Å². The molecule has 1 N–H and O–H groups in total. The number of nitrogens with zero attached hydrogens (tertiary/aromatic N) is 3. The third-order valence-corrected chi connectivity index (χ3v) is 5.96. The number of aromatic amines is 1. The molecule has 19 heavy (non-hydrogen) atoms. The van der Waals surface area contributed by atoms with Crippen LogP contribution in [0.2, 0.25) is 0 Å². The second-order valence-corrected chi connectivity index (χ2v) is 7.47. The Morgan fingerprint density at radius 1 is 1.32 bits per heavy atom. The number of aromatic nitrogens is 2. The first-order valence-electron chi connectivity index (χ1n) is 6.43. The van der Waals surface area contributed by atoms with Crippen LogP contribution in [0.5, 0.6) is 0 Å². The predicted molar refractivity (Wildman–Crippen MR) is 73.5 cm³/mol. The van der Waals surface area contributed by atoms with Crippen LogP contribution in [0.25, 0.3) is 0 Å². The summed E-state index contributed by atoms with van der Waals surface area (Å²) in [5, 5.41) is 6.73. The summed E-state index contributed by atoms with van der Waals surface area (Å²) in [4.78, 5) is 2.43. The van der Waals surface area contributed by atoms with Crippen LogP contribution in [-0.4, -0.2) is 61.0 Å². The lowest BCUT2D eigenvalue weighted by Gasteiger charge is -2.22. The Bertz CT molecular complexity index is 545. The van der Waals surface area contributed by atoms with Gasteiger partial charge in [-0.05, 0) is 33.9 Å². The number of aryl methyl sites for hydroxylation is 2. The van der Waals surface area contributed by atoms with E-state index in [1.165, 1.54) is 0 Å². The van der Waals surface area contributed by atoms with Gasteiger partial charge in [0.25, 0.3) is 0 Å². The second-order valence-electron chi connectivity index (χ2n) is 5.59. The molecule has 0 amide bonds. The van der Waals surface area contributed by atoms with Gasteiger partial charge in [0.05, 0.1) is 11.4 Å². The van der Waals surface area contributed by atoms with Gasteiger partial charge in [0.2, 0.25) is 10.0 Å². The summed E-state index contributed by atoms with van der Waals surface area (Å²) >= 11 is 0. The van der Waals surface area contributed by atoms with Crippen molar-refractivity contribution in [3.05, 3.63) is 11.4 Å². The molecule has 0 aliphatic carbocycles. The van der Waals surface area contributed by atoms with Gasteiger partial charge < -0.3 is 4.90 Å². The van der Waals surface area contributed by atoms with E-state index in [4.69, 9.17) is 0 Å². The van der Waals surface area contributed by atoms with Gasteiger partial charge in [-0.1, -0.05) is 6.92 Å². The zero-order chi connectivity index (χ0) is 14.4. The molecule has 1 fully saturated rings. The maximum absolute atomic E-state index is 12.7. The largest absolute Gasteiger partial charge is 0.305 e. The Hall–Kier alpha value is -0.920. The lowest BCUT2D eigenvalue weighted by Crippen LogP contribution is -2.36. The molecule has 0 aromatic carbocycles. The van der Waals surface area contributed by atoms with Gasteiger partial charge in [0.15, 0.2) is 0 Å². The molecule has 6 nitrogen and oxygen atoms in total. The first kappa shape index (κ1) is 14.5. The number of hydrogen-bond donors (Lipinski definition) is 1. The van der Waals surface area contributed by atoms with E-state index < -0.39 is 10.0 Å². The quantitative estimate of drug-likeness (QED) is 0.883. The molecule has 7 heteroatoms. The fraction of sp³-hybridized carbons (Fsp3) is 0.750. The minimum Gasteiger partial charge on any atom is -0.305 e.